The van der Waals surface area contributed by atoms with E-state index in [2.05, 4.69) is 9.97 Å². The van der Waals surface area contributed by atoms with Gasteiger partial charge in [0.25, 0.3) is 11.8 Å². The van der Waals surface area contributed by atoms with Crippen molar-refractivity contribution in [2.24, 2.45) is 0 Å². The number of esters is 1. The standard InChI is InChI=1S/C27H18F3N3O4S/c1-2-35-27(34)18-9-11-21(32-14-18)38-24-22(28)25(30)33-26(23(24)29)37-20-12-17(13-31)8-10-19(20)36-15-16-6-4-3-5-7-16/h3-12,14H,2,15H2,1H3. The van der Waals surface area contributed by atoms with Crippen molar-refractivity contribution in [1.82, 2.24) is 9.97 Å². The minimum Gasteiger partial charge on any atom is -0.485 e. The predicted molar refractivity (Wildman–Crippen MR) is 130 cm³/mol. The number of nitriles is 1. The first kappa shape index (κ1) is 26.5. The summed E-state index contributed by atoms with van der Waals surface area (Å²) in [5.74, 6) is -5.90. The van der Waals surface area contributed by atoms with Gasteiger partial charge in [0.2, 0.25) is 5.82 Å². The third kappa shape index (κ3) is 6.22. The Kier molecular flexibility index (Phi) is 8.45. The molecule has 0 aliphatic carbocycles. The molecule has 2 aromatic heterocycles. The molecule has 0 radical (unpaired) electrons. The van der Waals surface area contributed by atoms with Crippen LogP contribution >= 0.6 is 11.8 Å². The molecule has 0 saturated carbocycles. The Balaban J connectivity index is 1.62. The van der Waals surface area contributed by atoms with E-state index in [-0.39, 0.29) is 40.9 Å². The molecule has 0 bridgehead atoms. The highest BCUT2D eigenvalue weighted by molar-refractivity contribution is 7.99. The van der Waals surface area contributed by atoms with Gasteiger partial charge in [0.05, 0.1) is 28.7 Å². The van der Waals surface area contributed by atoms with Gasteiger partial charge in [-0.05, 0) is 36.8 Å². The van der Waals surface area contributed by atoms with Crippen LogP contribution in [-0.4, -0.2) is 22.5 Å². The lowest BCUT2D eigenvalue weighted by atomic mass is 10.2. The van der Waals surface area contributed by atoms with Gasteiger partial charge in [0, 0.05) is 12.3 Å². The SMILES string of the molecule is CCOC(=O)c1ccc(Sc2c(F)c(F)nc(Oc3cc(C#N)ccc3OCc3ccccc3)c2F)nc1. The fourth-order valence-electron chi connectivity index (χ4n) is 3.13. The Bertz CT molecular complexity index is 1500. The van der Waals surface area contributed by atoms with Crippen LogP contribution in [0.15, 0.2) is 76.8 Å². The largest absolute Gasteiger partial charge is 0.485 e. The summed E-state index contributed by atoms with van der Waals surface area (Å²) >= 11 is 0.476. The van der Waals surface area contributed by atoms with Crippen molar-refractivity contribution in [1.29, 1.82) is 5.26 Å². The fourth-order valence-corrected chi connectivity index (χ4v) is 3.93. The Morgan fingerprint density at radius 2 is 1.82 bits per heavy atom. The quantitative estimate of drug-likeness (QED) is 0.177. The van der Waals surface area contributed by atoms with Gasteiger partial charge in [-0.3, -0.25) is 0 Å². The van der Waals surface area contributed by atoms with Gasteiger partial charge in [0.1, 0.15) is 11.6 Å². The van der Waals surface area contributed by atoms with Crippen LogP contribution in [0.25, 0.3) is 0 Å². The monoisotopic (exact) mass is 537 g/mol. The van der Waals surface area contributed by atoms with Crippen molar-refractivity contribution in [2.45, 2.75) is 23.5 Å². The van der Waals surface area contributed by atoms with E-state index in [9.17, 15) is 18.8 Å². The highest BCUT2D eigenvalue weighted by atomic mass is 32.2. The first-order valence-electron chi connectivity index (χ1n) is 11.1. The molecule has 192 valence electrons. The molecule has 38 heavy (non-hydrogen) atoms. The molecule has 2 aromatic carbocycles. The molecular weight excluding hydrogens is 519 g/mol. The first-order chi connectivity index (χ1) is 18.4. The molecule has 0 fully saturated rings. The minimum atomic E-state index is -1.60. The molecule has 11 heteroatoms. The van der Waals surface area contributed by atoms with E-state index in [1.165, 1.54) is 36.5 Å². The maximum absolute atomic E-state index is 15.3. The summed E-state index contributed by atoms with van der Waals surface area (Å²) in [7, 11) is 0. The number of pyridine rings is 2. The summed E-state index contributed by atoms with van der Waals surface area (Å²) in [5.41, 5.74) is 1.14. The second kappa shape index (κ2) is 12.1. The van der Waals surface area contributed by atoms with Crippen LogP contribution in [0, 0.1) is 28.9 Å². The third-order valence-corrected chi connectivity index (χ3v) is 5.95. The molecule has 0 atom stereocenters. The van der Waals surface area contributed by atoms with E-state index in [1.54, 1.807) is 6.92 Å². The van der Waals surface area contributed by atoms with Crippen molar-refractivity contribution in [2.75, 3.05) is 6.61 Å². The van der Waals surface area contributed by atoms with Gasteiger partial charge in [-0.2, -0.15) is 19.0 Å². The van der Waals surface area contributed by atoms with Gasteiger partial charge in [0.15, 0.2) is 17.3 Å². The molecule has 0 amide bonds. The van der Waals surface area contributed by atoms with Crippen LogP contribution < -0.4 is 9.47 Å². The number of hydrogen-bond donors (Lipinski definition) is 0. The van der Waals surface area contributed by atoms with Crippen LogP contribution in [0.3, 0.4) is 0 Å². The predicted octanol–water partition coefficient (Wildman–Crippen LogP) is 6.46. The highest BCUT2D eigenvalue weighted by Gasteiger charge is 2.25. The number of ether oxygens (including phenoxy) is 3. The molecule has 0 unspecified atom stereocenters. The van der Waals surface area contributed by atoms with E-state index >= 15 is 4.39 Å². The summed E-state index contributed by atoms with van der Waals surface area (Å²) in [5, 5.41) is 9.34. The average Bonchev–Trinajstić information content (AvgIpc) is 2.94. The maximum atomic E-state index is 15.3. The normalized spacial score (nSPS) is 10.5. The number of carbonyl (C=O) groups excluding carboxylic acids is 1. The Labute approximate surface area is 219 Å². The van der Waals surface area contributed by atoms with Gasteiger partial charge >= 0.3 is 5.97 Å². The molecule has 0 saturated heterocycles. The molecule has 4 rings (SSSR count). The van der Waals surface area contributed by atoms with E-state index in [1.807, 2.05) is 36.4 Å². The Morgan fingerprint density at radius 1 is 1.03 bits per heavy atom. The summed E-state index contributed by atoms with van der Waals surface area (Å²) < 4.78 is 60.4. The average molecular weight is 538 g/mol. The summed E-state index contributed by atoms with van der Waals surface area (Å²) in [6.45, 7) is 1.94. The van der Waals surface area contributed by atoms with E-state index < -0.39 is 34.3 Å². The summed E-state index contributed by atoms with van der Waals surface area (Å²) in [6, 6.07) is 18.0. The first-order valence-corrected chi connectivity index (χ1v) is 12.0. The Morgan fingerprint density at radius 3 is 2.50 bits per heavy atom. The zero-order chi connectivity index (χ0) is 27.1. The molecule has 0 spiro atoms. The smallest absolute Gasteiger partial charge is 0.339 e. The van der Waals surface area contributed by atoms with Crippen LogP contribution in [0.5, 0.6) is 17.4 Å². The number of carbonyl (C=O) groups is 1. The molecule has 2 heterocycles. The van der Waals surface area contributed by atoms with Crippen molar-refractivity contribution < 1.29 is 32.2 Å². The highest BCUT2D eigenvalue weighted by Crippen LogP contribution is 2.39. The van der Waals surface area contributed by atoms with E-state index in [0.717, 1.165) is 5.56 Å². The van der Waals surface area contributed by atoms with Crippen LogP contribution in [0.2, 0.25) is 0 Å². The number of rotatable bonds is 9. The van der Waals surface area contributed by atoms with Crippen LogP contribution in [0.4, 0.5) is 13.2 Å². The second-order valence-corrected chi connectivity index (χ2v) is 8.55. The maximum Gasteiger partial charge on any atom is 0.339 e. The topological polar surface area (TPSA) is 94.3 Å². The molecule has 4 aromatic rings. The zero-order valence-electron chi connectivity index (χ0n) is 19.8. The summed E-state index contributed by atoms with van der Waals surface area (Å²) in [4.78, 5) is 18.3. The van der Waals surface area contributed by atoms with Crippen molar-refractivity contribution >= 4 is 17.7 Å². The van der Waals surface area contributed by atoms with Gasteiger partial charge < -0.3 is 14.2 Å². The Hall–Kier alpha value is -4.56. The van der Waals surface area contributed by atoms with Gasteiger partial charge in [-0.1, -0.05) is 42.1 Å². The molecule has 0 N–H and O–H groups in total. The fraction of sp³-hybridized carbons (Fsp3) is 0.111. The zero-order valence-corrected chi connectivity index (χ0v) is 20.6. The number of aromatic nitrogens is 2. The van der Waals surface area contributed by atoms with Gasteiger partial charge in [-0.25, -0.2) is 14.2 Å². The van der Waals surface area contributed by atoms with E-state index in [4.69, 9.17) is 14.2 Å². The van der Waals surface area contributed by atoms with Crippen molar-refractivity contribution in [3.05, 3.63) is 101 Å². The molecule has 0 aliphatic heterocycles. The minimum absolute atomic E-state index is 0.0748. The lowest BCUT2D eigenvalue weighted by molar-refractivity contribution is 0.0525. The summed E-state index contributed by atoms with van der Waals surface area (Å²) in [6.07, 6.45) is 1.18. The third-order valence-electron chi connectivity index (χ3n) is 4.94. The molecular formula is C27H18F3N3O4S. The lowest BCUT2D eigenvalue weighted by Gasteiger charge is -2.14. The number of hydrogen-bond acceptors (Lipinski definition) is 8. The number of benzene rings is 2. The van der Waals surface area contributed by atoms with Crippen LogP contribution in [-0.2, 0) is 11.3 Å². The van der Waals surface area contributed by atoms with Crippen LogP contribution in [0.1, 0.15) is 28.4 Å². The number of nitrogens with zero attached hydrogens (tertiary/aromatic N) is 3. The second-order valence-electron chi connectivity index (χ2n) is 7.52. The van der Waals surface area contributed by atoms with E-state index in [0.29, 0.717) is 11.8 Å². The molecule has 7 nitrogen and oxygen atoms in total. The lowest BCUT2D eigenvalue weighted by Crippen LogP contribution is -2.05. The van der Waals surface area contributed by atoms with Gasteiger partial charge in [-0.15, -0.1) is 0 Å². The number of halogens is 3. The molecule has 0 aliphatic rings. The van der Waals surface area contributed by atoms with Crippen molar-refractivity contribution in [3.8, 4) is 23.4 Å². The van der Waals surface area contributed by atoms with Crippen molar-refractivity contribution in [3.63, 3.8) is 0 Å².